The van der Waals surface area contributed by atoms with Gasteiger partial charge in [0, 0.05) is 18.8 Å². The van der Waals surface area contributed by atoms with Crippen molar-refractivity contribution in [3.63, 3.8) is 0 Å². The van der Waals surface area contributed by atoms with Crippen molar-refractivity contribution in [2.24, 2.45) is 0 Å². The van der Waals surface area contributed by atoms with Gasteiger partial charge in [-0.15, -0.1) is 0 Å². The van der Waals surface area contributed by atoms with Crippen LogP contribution in [0.25, 0.3) is 0 Å². The molecule has 0 aliphatic carbocycles. The summed E-state index contributed by atoms with van der Waals surface area (Å²) in [7, 11) is -7.26. The second kappa shape index (κ2) is 9.37. The summed E-state index contributed by atoms with van der Waals surface area (Å²) < 4.78 is 52.7. The Labute approximate surface area is 184 Å². The van der Waals surface area contributed by atoms with Gasteiger partial charge in [-0.25, -0.2) is 16.8 Å². The lowest BCUT2D eigenvalue weighted by molar-refractivity contribution is -0.117. The summed E-state index contributed by atoms with van der Waals surface area (Å²) in [6.45, 7) is 2.76. The predicted octanol–water partition coefficient (Wildman–Crippen LogP) is 2.65. The summed E-state index contributed by atoms with van der Waals surface area (Å²) in [4.78, 5) is 13.1. The van der Waals surface area contributed by atoms with Gasteiger partial charge in [0.1, 0.15) is 6.04 Å². The van der Waals surface area contributed by atoms with Crippen LogP contribution in [-0.2, 0) is 24.8 Å². The van der Waals surface area contributed by atoms with Crippen LogP contribution in [0.3, 0.4) is 0 Å². The number of hydrogen-bond acceptors (Lipinski definition) is 5. The van der Waals surface area contributed by atoms with E-state index in [1.165, 1.54) is 28.6 Å². The van der Waals surface area contributed by atoms with Crippen molar-refractivity contribution in [3.8, 4) is 0 Å². The maximum atomic E-state index is 13.0. The average molecular weight is 466 g/mol. The molecule has 2 aromatic rings. The number of carbonyl (C=O) groups is 1. The Bertz CT molecular complexity index is 1110. The van der Waals surface area contributed by atoms with Gasteiger partial charge in [0.25, 0.3) is 0 Å². The van der Waals surface area contributed by atoms with Crippen molar-refractivity contribution < 1.29 is 21.6 Å². The number of hydrogen-bond donors (Lipinski definition) is 1. The molecule has 1 aliphatic heterocycles. The number of nitrogens with zero attached hydrogens (tertiary/aromatic N) is 2. The van der Waals surface area contributed by atoms with Crippen LogP contribution in [0.15, 0.2) is 59.5 Å². The number of carbonyl (C=O) groups excluding carboxylic acids is 1. The van der Waals surface area contributed by atoms with Crippen molar-refractivity contribution in [2.75, 3.05) is 29.0 Å². The molecule has 168 valence electrons. The van der Waals surface area contributed by atoms with Gasteiger partial charge in [0.15, 0.2) is 0 Å². The molecule has 1 saturated heterocycles. The van der Waals surface area contributed by atoms with Gasteiger partial charge in [0.2, 0.25) is 26.0 Å². The lowest BCUT2D eigenvalue weighted by atomic mass is 10.2. The summed E-state index contributed by atoms with van der Waals surface area (Å²) >= 11 is 0. The third-order valence-corrected chi connectivity index (χ3v) is 8.26. The van der Waals surface area contributed by atoms with Crippen LogP contribution in [0.1, 0.15) is 26.2 Å². The molecule has 1 N–H and O–H groups in total. The fraction of sp³-hybridized carbons (Fsp3) is 0.381. The van der Waals surface area contributed by atoms with Crippen molar-refractivity contribution in [3.05, 3.63) is 54.6 Å². The predicted molar refractivity (Wildman–Crippen MR) is 121 cm³/mol. The smallest absolute Gasteiger partial charge is 0.248 e. The monoisotopic (exact) mass is 465 g/mol. The molecule has 10 heteroatoms. The number of para-hydroxylation sites is 1. The van der Waals surface area contributed by atoms with Crippen LogP contribution in [0.5, 0.6) is 0 Å². The molecule has 0 aromatic heterocycles. The zero-order valence-corrected chi connectivity index (χ0v) is 19.2. The summed E-state index contributed by atoms with van der Waals surface area (Å²) in [6, 6.07) is 13.4. The first kappa shape index (κ1) is 23.2. The van der Waals surface area contributed by atoms with E-state index in [0.717, 1.165) is 23.4 Å². The molecule has 3 rings (SSSR count). The van der Waals surface area contributed by atoms with E-state index in [1.807, 2.05) is 0 Å². The topological polar surface area (TPSA) is 104 Å². The first-order valence-corrected chi connectivity index (χ1v) is 13.4. The highest BCUT2D eigenvalue weighted by Gasteiger charge is 2.32. The zero-order valence-electron chi connectivity index (χ0n) is 17.6. The molecule has 0 saturated carbocycles. The number of nitrogens with one attached hydrogen (secondary N) is 1. The number of amides is 1. The minimum Gasteiger partial charge on any atom is -0.324 e. The highest BCUT2D eigenvalue weighted by atomic mass is 32.2. The molecular formula is C21H27N3O5S2. The molecule has 1 fully saturated rings. The quantitative estimate of drug-likeness (QED) is 0.645. The van der Waals surface area contributed by atoms with Crippen molar-refractivity contribution in [1.29, 1.82) is 0 Å². The Kier molecular flexibility index (Phi) is 7.03. The van der Waals surface area contributed by atoms with Crippen LogP contribution in [-0.4, -0.2) is 52.4 Å². The van der Waals surface area contributed by atoms with Crippen molar-refractivity contribution in [2.45, 2.75) is 37.1 Å². The highest BCUT2D eigenvalue weighted by Crippen LogP contribution is 2.25. The lowest BCUT2D eigenvalue weighted by Crippen LogP contribution is -2.46. The van der Waals surface area contributed by atoms with Gasteiger partial charge in [0.05, 0.1) is 16.8 Å². The van der Waals surface area contributed by atoms with Crippen LogP contribution in [0, 0.1) is 0 Å². The summed E-state index contributed by atoms with van der Waals surface area (Å²) in [6.07, 6.45) is 3.03. The Balaban J connectivity index is 1.80. The second-order valence-electron chi connectivity index (χ2n) is 7.44. The first-order valence-electron chi connectivity index (χ1n) is 10.1. The molecule has 8 nitrogen and oxygen atoms in total. The van der Waals surface area contributed by atoms with Crippen LogP contribution >= 0.6 is 0 Å². The van der Waals surface area contributed by atoms with Gasteiger partial charge < -0.3 is 5.32 Å². The molecule has 1 amide bonds. The van der Waals surface area contributed by atoms with Gasteiger partial charge in [-0.3, -0.25) is 9.10 Å². The van der Waals surface area contributed by atoms with Crippen LogP contribution < -0.4 is 9.62 Å². The highest BCUT2D eigenvalue weighted by molar-refractivity contribution is 7.92. The summed E-state index contributed by atoms with van der Waals surface area (Å²) in [5, 5.41) is 2.71. The lowest BCUT2D eigenvalue weighted by Gasteiger charge is -2.30. The average Bonchev–Trinajstić information content (AvgIpc) is 3.28. The number of anilines is 2. The van der Waals surface area contributed by atoms with E-state index < -0.39 is 32.0 Å². The first-order chi connectivity index (χ1) is 14.6. The van der Waals surface area contributed by atoms with E-state index in [2.05, 4.69) is 5.32 Å². The van der Waals surface area contributed by atoms with E-state index in [0.29, 0.717) is 24.5 Å². The second-order valence-corrected chi connectivity index (χ2v) is 11.2. The van der Waals surface area contributed by atoms with E-state index >= 15 is 0 Å². The number of sulfonamides is 2. The SMILES string of the molecule is CC[C@H](C(=O)Nc1ccc(S(=O)(=O)N2CCCC2)cc1)N(c1ccccc1)S(C)(=O)=O. The molecule has 1 heterocycles. The Morgan fingerprint density at radius 1 is 1.00 bits per heavy atom. The summed E-state index contributed by atoms with van der Waals surface area (Å²) in [5.74, 6) is -0.494. The standard InChI is InChI=1S/C21H27N3O5S2/c1-3-20(24(30(2,26)27)18-9-5-4-6-10-18)21(25)22-17-11-13-19(14-12-17)31(28,29)23-15-7-8-16-23/h4-6,9-14,20H,3,7-8,15-16H2,1-2H3,(H,22,25)/t20-/m1/s1. The van der Waals surface area contributed by atoms with Crippen LogP contribution in [0.2, 0.25) is 0 Å². The molecule has 1 atom stereocenters. The molecule has 2 aromatic carbocycles. The molecule has 0 radical (unpaired) electrons. The summed E-state index contributed by atoms with van der Waals surface area (Å²) in [5.41, 5.74) is 0.796. The normalized spacial score (nSPS) is 16.1. The Hall–Kier alpha value is -2.43. The van der Waals surface area contributed by atoms with Crippen LogP contribution in [0.4, 0.5) is 11.4 Å². The van der Waals surface area contributed by atoms with E-state index in [-0.39, 0.29) is 11.3 Å². The fourth-order valence-electron chi connectivity index (χ4n) is 3.65. The molecular weight excluding hydrogens is 438 g/mol. The van der Waals surface area contributed by atoms with Gasteiger partial charge in [-0.2, -0.15) is 4.31 Å². The molecule has 0 spiro atoms. The minimum atomic E-state index is -3.71. The van der Waals surface area contributed by atoms with Crippen molar-refractivity contribution in [1.82, 2.24) is 4.31 Å². The molecule has 31 heavy (non-hydrogen) atoms. The van der Waals surface area contributed by atoms with Crippen molar-refractivity contribution >= 4 is 37.3 Å². The number of rotatable bonds is 8. The fourth-order valence-corrected chi connectivity index (χ4v) is 6.38. The van der Waals surface area contributed by atoms with Gasteiger partial charge >= 0.3 is 0 Å². The van der Waals surface area contributed by atoms with E-state index in [1.54, 1.807) is 37.3 Å². The Morgan fingerprint density at radius 2 is 1.58 bits per heavy atom. The third kappa shape index (κ3) is 5.25. The number of benzene rings is 2. The molecule has 0 unspecified atom stereocenters. The van der Waals surface area contributed by atoms with E-state index in [9.17, 15) is 21.6 Å². The minimum absolute atomic E-state index is 0.168. The molecule has 0 bridgehead atoms. The zero-order chi connectivity index (χ0) is 22.6. The maximum Gasteiger partial charge on any atom is 0.248 e. The van der Waals surface area contributed by atoms with Gasteiger partial charge in [-0.1, -0.05) is 25.1 Å². The maximum absolute atomic E-state index is 13.0. The largest absolute Gasteiger partial charge is 0.324 e. The van der Waals surface area contributed by atoms with E-state index in [4.69, 9.17) is 0 Å². The molecule has 1 aliphatic rings. The third-order valence-electron chi connectivity index (χ3n) is 5.17. The Morgan fingerprint density at radius 3 is 2.10 bits per heavy atom. The van der Waals surface area contributed by atoms with Gasteiger partial charge in [-0.05, 0) is 55.7 Å².